The van der Waals surface area contributed by atoms with Crippen LogP contribution in [0.5, 0.6) is 0 Å². The third-order valence-electron chi connectivity index (χ3n) is 3.22. The molecule has 0 spiro atoms. The summed E-state index contributed by atoms with van der Waals surface area (Å²) in [5.41, 5.74) is 2.53. The van der Waals surface area contributed by atoms with Gasteiger partial charge in [-0.15, -0.1) is 0 Å². The van der Waals surface area contributed by atoms with Crippen molar-refractivity contribution in [2.75, 3.05) is 0 Å². The molecule has 0 bridgehead atoms. The van der Waals surface area contributed by atoms with Gasteiger partial charge in [-0.1, -0.05) is 55.7 Å². The van der Waals surface area contributed by atoms with Gasteiger partial charge >= 0.3 is 0 Å². The molecule has 0 unspecified atom stereocenters. The Morgan fingerprint density at radius 1 is 1.11 bits per heavy atom. The smallest absolute Gasteiger partial charge is 0.123 e. The second-order valence-electron chi connectivity index (χ2n) is 4.81. The average Bonchev–Trinajstić information content (AvgIpc) is 2.38. The minimum atomic E-state index is 0.379. The first-order chi connectivity index (χ1) is 8.60. The molecule has 0 radical (unpaired) electrons. The standard InChI is InChI=1S/C17H24O/c1-5-9-13(3)12-17(18)16-11-8-7-10-15(16)14(4)6-2/h7-8,10-12,18H,5-6,9H2,1-4H3/b13-12+,15-14+,17-16+. The number of allylic oxidation sites excluding steroid dienone is 1. The molecular formula is C17H24O. The van der Waals surface area contributed by atoms with Crippen LogP contribution in [-0.2, 0) is 0 Å². The molecule has 0 amide bonds. The van der Waals surface area contributed by atoms with Crippen molar-refractivity contribution >= 4 is 11.3 Å². The molecule has 98 valence electrons. The summed E-state index contributed by atoms with van der Waals surface area (Å²) in [4.78, 5) is 0. The zero-order valence-electron chi connectivity index (χ0n) is 12.0. The normalized spacial score (nSPS) is 15.4. The summed E-state index contributed by atoms with van der Waals surface area (Å²) in [5.74, 6) is 0.379. The van der Waals surface area contributed by atoms with Crippen molar-refractivity contribution in [3.63, 3.8) is 0 Å². The Labute approximate surface area is 110 Å². The van der Waals surface area contributed by atoms with E-state index in [1.165, 1.54) is 11.1 Å². The lowest BCUT2D eigenvalue weighted by Gasteiger charge is -2.01. The van der Waals surface area contributed by atoms with E-state index in [1.54, 1.807) is 0 Å². The molecule has 18 heavy (non-hydrogen) atoms. The van der Waals surface area contributed by atoms with E-state index >= 15 is 0 Å². The molecule has 1 rings (SSSR count). The van der Waals surface area contributed by atoms with Gasteiger partial charge in [0.15, 0.2) is 0 Å². The topological polar surface area (TPSA) is 20.2 Å². The fourth-order valence-corrected chi connectivity index (χ4v) is 2.05. The quantitative estimate of drug-likeness (QED) is 0.856. The van der Waals surface area contributed by atoms with E-state index in [-0.39, 0.29) is 0 Å². The lowest BCUT2D eigenvalue weighted by Crippen LogP contribution is -2.28. The Hall–Kier alpha value is -1.50. The summed E-state index contributed by atoms with van der Waals surface area (Å²) in [7, 11) is 0. The Morgan fingerprint density at radius 3 is 2.28 bits per heavy atom. The second kappa shape index (κ2) is 7.05. The summed E-state index contributed by atoms with van der Waals surface area (Å²) in [6.07, 6.45) is 5.04. The second-order valence-corrected chi connectivity index (χ2v) is 4.81. The van der Waals surface area contributed by atoms with Crippen molar-refractivity contribution < 1.29 is 5.11 Å². The molecule has 0 saturated heterocycles. The van der Waals surface area contributed by atoms with Crippen LogP contribution in [0, 0.1) is 0 Å². The van der Waals surface area contributed by atoms with Crippen LogP contribution < -0.4 is 10.4 Å². The van der Waals surface area contributed by atoms with Crippen LogP contribution in [0.15, 0.2) is 35.9 Å². The summed E-state index contributed by atoms with van der Waals surface area (Å²) in [6.45, 7) is 8.48. The average molecular weight is 244 g/mol. The van der Waals surface area contributed by atoms with Gasteiger partial charge in [-0.2, -0.15) is 0 Å². The van der Waals surface area contributed by atoms with E-state index < -0.39 is 0 Å². The molecular weight excluding hydrogens is 220 g/mol. The zero-order valence-corrected chi connectivity index (χ0v) is 12.0. The van der Waals surface area contributed by atoms with Gasteiger partial charge in [0.2, 0.25) is 0 Å². The van der Waals surface area contributed by atoms with Crippen molar-refractivity contribution in [3.8, 4) is 0 Å². The van der Waals surface area contributed by atoms with Gasteiger partial charge < -0.3 is 5.11 Å². The molecule has 1 aromatic rings. The molecule has 0 aromatic heterocycles. The van der Waals surface area contributed by atoms with Crippen molar-refractivity contribution in [2.45, 2.75) is 47.0 Å². The Balaban J connectivity index is 3.45. The first-order valence-electron chi connectivity index (χ1n) is 6.75. The molecule has 0 heterocycles. The number of aliphatic hydroxyl groups excluding tert-OH is 1. The SMILES string of the molecule is CCC/C(C)=C/C(O)=c1/cccc/c1=C(/C)CC. The molecule has 0 fully saturated rings. The maximum Gasteiger partial charge on any atom is 0.123 e. The molecule has 0 atom stereocenters. The molecule has 0 aliphatic carbocycles. The number of hydrogen-bond donors (Lipinski definition) is 1. The minimum Gasteiger partial charge on any atom is -0.507 e. The van der Waals surface area contributed by atoms with Crippen molar-refractivity contribution in [3.05, 3.63) is 46.4 Å². The van der Waals surface area contributed by atoms with Crippen LogP contribution in [0.4, 0.5) is 0 Å². The lowest BCUT2D eigenvalue weighted by molar-refractivity contribution is 0.510. The predicted molar refractivity (Wildman–Crippen MR) is 79.8 cm³/mol. The van der Waals surface area contributed by atoms with Gasteiger partial charge in [-0.3, -0.25) is 0 Å². The first kappa shape index (κ1) is 14.6. The number of hydrogen-bond acceptors (Lipinski definition) is 1. The van der Waals surface area contributed by atoms with Crippen LogP contribution in [0.1, 0.15) is 47.0 Å². The maximum absolute atomic E-state index is 10.3. The lowest BCUT2D eigenvalue weighted by atomic mass is 10.1. The van der Waals surface area contributed by atoms with Crippen LogP contribution in [-0.4, -0.2) is 5.11 Å². The van der Waals surface area contributed by atoms with Gasteiger partial charge in [-0.25, -0.2) is 0 Å². The molecule has 1 heteroatoms. The molecule has 1 nitrogen and oxygen atoms in total. The van der Waals surface area contributed by atoms with E-state index in [9.17, 15) is 5.11 Å². The van der Waals surface area contributed by atoms with E-state index in [0.29, 0.717) is 5.76 Å². The molecule has 0 saturated carbocycles. The van der Waals surface area contributed by atoms with Gasteiger partial charge in [0.25, 0.3) is 0 Å². The fourth-order valence-electron chi connectivity index (χ4n) is 2.05. The highest BCUT2D eigenvalue weighted by Gasteiger charge is 1.97. The summed E-state index contributed by atoms with van der Waals surface area (Å²) in [5, 5.41) is 12.4. The van der Waals surface area contributed by atoms with Crippen LogP contribution in [0.3, 0.4) is 0 Å². The van der Waals surface area contributed by atoms with E-state index in [2.05, 4.69) is 33.8 Å². The predicted octanol–water partition coefficient (Wildman–Crippen LogP) is 3.68. The van der Waals surface area contributed by atoms with E-state index in [0.717, 1.165) is 29.7 Å². The van der Waals surface area contributed by atoms with Crippen LogP contribution >= 0.6 is 0 Å². The molecule has 0 aliphatic rings. The summed E-state index contributed by atoms with van der Waals surface area (Å²) >= 11 is 0. The highest BCUT2D eigenvalue weighted by Crippen LogP contribution is 2.05. The van der Waals surface area contributed by atoms with Gasteiger partial charge in [-0.05, 0) is 38.0 Å². The number of benzene rings is 1. The summed E-state index contributed by atoms with van der Waals surface area (Å²) in [6, 6.07) is 8.06. The van der Waals surface area contributed by atoms with E-state index in [1.807, 2.05) is 24.3 Å². The van der Waals surface area contributed by atoms with Crippen molar-refractivity contribution in [2.24, 2.45) is 0 Å². The Morgan fingerprint density at radius 2 is 1.72 bits per heavy atom. The highest BCUT2D eigenvalue weighted by molar-refractivity contribution is 5.52. The Bertz CT molecular complexity index is 535. The van der Waals surface area contributed by atoms with Gasteiger partial charge in [0, 0.05) is 5.22 Å². The van der Waals surface area contributed by atoms with Gasteiger partial charge in [0.05, 0.1) is 0 Å². The fraction of sp³-hybridized carbons (Fsp3) is 0.412. The van der Waals surface area contributed by atoms with Crippen LogP contribution in [0.25, 0.3) is 11.3 Å². The van der Waals surface area contributed by atoms with Crippen molar-refractivity contribution in [1.82, 2.24) is 0 Å². The first-order valence-corrected chi connectivity index (χ1v) is 6.75. The molecule has 0 aliphatic heterocycles. The largest absolute Gasteiger partial charge is 0.507 e. The maximum atomic E-state index is 10.3. The monoisotopic (exact) mass is 244 g/mol. The molecule has 1 aromatic carbocycles. The third kappa shape index (κ3) is 3.76. The van der Waals surface area contributed by atoms with Crippen molar-refractivity contribution in [1.29, 1.82) is 0 Å². The van der Waals surface area contributed by atoms with Crippen LogP contribution in [0.2, 0.25) is 0 Å². The summed E-state index contributed by atoms with van der Waals surface area (Å²) < 4.78 is 0. The number of aliphatic hydroxyl groups is 1. The van der Waals surface area contributed by atoms with Gasteiger partial charge in [0.1, 0.15) is 5.76 Å². The Kier molecular flexibility index (Phi) is 5.70. The molecule has 1 N–H and O–H groups in total. The highest BCUT2D eigenvalue weighted by atomic mass is 16.3. The number of rotatable bonds is 4. The van der Waals surface area contributed by atoms with E-state index in [4.69, 9.17) is 0 Å². The zero-order chi connectivity index (χ0) is 13.5. The third-order valence-corrected chi connectivity index (χ3v) is 3.22. The minimum absolute atomic E-state index is 0.379.